The van der Waals surface area contributed by atoms with Crippen LogP contribution in [-0.4, -0.2) is 39.4 Å². The van der Waals surface area contributed by atoms with Gasteiger partial charge in [0.2, 0.25) is 15.9 Å². The Kier molecular flexibility index (Phi) is 6.81. The minimum absolute atomic E-state index is 0.195. The summed E-state index contributed by atoms with van der Waals surface area (Å²) < 4.78 is 28.9. The van der Waals surface area contributed by atoms with Crippen LogP contribution in [0.4, 0.5) is 0 Å². The molecule has 1 unspecified atom stereocenters. The molecule has 0 fully saturated rings. The van der Waals surface area contributed by atoms with Crippen molar-refractivity contribution < 1.29 is 13.2 Å². The molecule has 1 rings (SSSR count). The standard InChI is InChI=1S/C19H32N2O3S/c1-11(2)10-17(19(22)21(8)9)20-25(23,24)18-15(6)13(4)12(3)14(5)16(18)7/h11,17,20H,10H2,1-9H3. The maximum atomic E-state index is 13.1. The molecule has 0 spiro atoms. The molecule has 5 nitrogen and oxygen atoms in total. The highest BCUT2D eigenvalue weighted by Crippen LogP contribution is 2.29. The van der Waals surface area contributed by atoms with E-state index >= 15 is 0 Å². The number of carbonyl (C=O) groups excluding carboxylic acids is 1. The number of likely N-dealkylation sites (N-methyl/N-ethyl adjacent to an activating group) is 1. The Balaban J connectivity index is 3.44. The van der Waals surface area contributed by atoms with Crippen molar-refractivity contribution in [2.24, 2.45) is 5.92 Å². The molecule has 1 aromatic rings. The average molecular weight is 369 g/mol. The van der Waals surface area contributed by atoms with E-state index in [1.807, 2.05) is 48.5 Å². The number of benzene rings is 1. The van der Waals surface area contributed by atoms with Crippen LogP contribution in [0, 0.1) is 40.5 Å². The van der Waals surface area contributed by atoms with E-state index in [1.165, 1.54) is 4.90 Å². The third-order valence-corrected chi connectivity index (χ3v) is 6.69. The first-order valence-electron chi connectivity index (χ1n) is 8.61. The van der Waals surface area contributed by atoms with Crippen molar-refractivity contribution in [2.75, 3.05) is 14.1 Å². The van der Waals surface area contributed by atoms with Crippen LogP contribution >= 0.6 is 0 Å². The lowest BCUT2D eigenvalue weighted by atomic mass is 9.95. The van der Waals surface area contributed by atoms with Crippen molar-refractivity contribution >= 4 is 15.9 Å². The van der Waals surface area contributed by atoms with Gasteiger partial charge in [0.1, 0.15) is 6.04 Å². The molecule has 1 amide bonds. The average Bonchev–Trinajstić information content (AvgIpc) is 2.48. The van der Waals surface area contributed by atoms with Gasteiger partial charge in [-0.2, -0.15) is 4.72 Å². The fourth-order valence-electron chi connectivity index (χ4n) is 3.10. The minimum atomic E-state index is -3.80. The van der Waals surface area contributed by atoms with Crippen LogP contribution in [0.2, 0.25) is 0 Å². The summed E-state index contributed by atoms with van der Waals surface area (Å²) in [5, 5.41) is 0. The third-order valence-electron chi connectivity index (χ3n) is 4.94. The molecule has 0 heterocycles. The Morgan fingerprint density at radius 2 is 1.32 bits per heavy atom. The van der Waals surface area contributed by atoms with Gasteiger partial charge in [-0.15, -0.1) is 0 Å². The zero-order chi connectivity index (χ0) is 19.7. The van der Waals surface area contributed by atoms with Gasteiger partial charge >= 0.3 is 0 Å². The summed E-state index contributed by atoms with van der Waals surface area (Å²) in [4.78, 5) is 14.2. The van der Waals surface area contributed by atoms with Gasteiger partial charge in [0, 0.05) is 14.1 Å². The molecule has 1 atom stereocenters. The van der Waals surface area contributed by atoms with E-state index in [-0.39, 0.29) is 11.8 Å². The van der Waals surface area contributed by atoms with Crippen LogP contribution in [0.25, 0.3) is 0 Å². The number of hydrogen-bond donors (Lipinski definition) is 1. The zero-order valence-corrected chi connectivity index (χ0v) is 17.8. The molecule has 25 heavy (non-hydrogen) atoms. The number of carbonyl (C=O) groups is 1. The van der Waals surface area contributed by atoms with Crippen LogP contribution in [0.5, 0.6) is 0 Å². The first kappa shape index (κ1) is 21.6. The summed E-state index contributed by atoms with van der Waals surface area (Å²) in [6.45, 7) is 13.5. The highest BCUT2D eigenvalue weighted by Gasteiger charge is 2.30. The van der Waals surface area contributed by atoms with Gasteiger partial charge < -0.3 is 4.90 Å². The molecular formula is C19H32N2O3S. The topological polar surface area (TPSA) is 66.5 Å². The number of nitrogens with one attached hydrogen (secondary N) is 1. The number of sulfonamides is 1. The van der Waals surface area contributed by atoms with E-state index in [4.69, 9.17) is 0 Å². The van der Waals surface area contributed by atoms with Gasteiger partial charge in [-0.05, 0) is 74.8 Å². The molecule has 0 saturated carbocycles. The van der Waals surface area contributed by atoms with Crippen molar-refractivity contribution in [1.29, 1.82) is 0 Å². The van der Waals surface area contributed by atoms with Crippen LogP contribution in [0.1, 0.15) is 48.1 Å². The predicted octanol–water partition coefficient (Wildman–Crippen LogP) is 3.01. The number of nitrogens with zero attached hydrogens (tertiary/aromatic N) is 1. The third kappa shape index (κ3) is 4.61. The molecule has 0 aromatic heterocycles. The largest absolute Gasteiger partial charge is 0.347 e. The number of rotatable bonds is 6. The Bertz CT molecular complexity index is 736. The predicted molar refractivity (Wildman–Crippen MR) is 102 cm³/mol. The van der Waals surface area contributed by atoms with Gasteiger partial charge in [-0.1, -0.05) is 13.8 Å². The van der Waals surface area contributed by atoms with Gasteiger partial charge in [0.05, 0.1) is 4.90 Å². The fraction of sp³-hybridized carbons (Fsp3) is 0.632. The van der Waals surface area contributed by atoms with E-state index in [2.05, 4.69) is 4.72 Å². The smallest absolute Gasteiger partial charge is 0.241 e. The molecule has 6 heteroatoms. The van der Waals surface area contributed by atoms with E-state index in [9.17, 15) is 13.2 Å². The molecule has 0 aliphatic carbocycles. The Hall–Kier alpha value is -1.40. The molecule has 0 aliphatic rings. The van der Waals surface area contributed by atoms with E-state index in [0.29, 0.717) is 11.3 Å². The molecular weight excluding hydrogens is 336 g/mol. The summed E-state index contributed by atoms with van der Waals surface area (Å²) in [7, 11) is -0.525. The van der Waals surface area contributed by atoms with Gasteiger partial charge in [0.15, 0.2) is 0 Å². The van der Waals surface area contributed by atoms with Gasteiger partial charge in [0.25, 0.3) is 0 Å². The molecule has 0 saturated heterocycles. The van der Waals surface area contributed by atoms with Gasteiger partial charge in [-0.25, -0.2) is 8.42 Å². The Labute approximate surface area is 152 Å². The Morgan fingerprint density at radius 3 is 1.68 bits per heavy atom. The van der Waals surface area contributed by atoms with Crippen molar-refractivity contribution in [3.05, 3.63) is 27.8 Å². The summed E-state index contributed by atoms with van der Waals surface area (Å²) in [6.07, 6.45) is 0.457. The quantitative estimate of drug-likeness (QED) is 0.839. The lowest BCUT2D eigenvalue weighted by Crippen LogP contribution is -2.47. The van der Waals surface area contributed by atoms with Crippen LogP contribution in [0.15, 0.2) is 4.90 Å². The van der Waals surface area contributed by atoms with Crippen LogP contribution in [-0.2, 0) is 14.8 Å². The normalized spacial score (nSPS) is 13.2. The Morgan fingerprint density at radius 1 is 0.920 bits per heavy atom. The lowest BCUT2D eigenvalue weighted by molar-refractivity contribution is -0.130. The van der Waals surface area contributed by atoms with Crippen LogP contribution < -0.4 is 4.72 Å². The number of amides is 1. The SMILES string of the molecule is Cc1c(C)c(C)c(S(=O)(=O)NC(CC(C)C)C(=O)N(C)C)c(C)c1C. The van der Waals surface area contributed by atoms with E-state index < -0.39 is 16.1 Å². The molecule has 0 aliphatic heterocycles. The van der Waals surface area contributed by atoms with Crippen molar-refractivity contribution in [3.8, 4) is 0 Å². The highest BCUT2D eigenvalue weighted by atomic mass is 32.2. The number of hydrogen-bond acceptors (Lipinski definition) is 3. The van der Waals surface area contributed by atoms with E-state index in [1.54, 1.807) is 14.1 Å². The second kappa shape index (κ2) is 7.87. The summed E-state index contributed by atoms with van der Waals surface area (Å²) in [5.41, 5.74) is 4.55. The van der Waals surface area contributed by atoms with Crippen molar-refractivity contribution in [1.82, 2.24) is 9.62 Å². The summed E-state index contributed by atoms with van der Waals surface area (Å²) >= 11 is 0. The summed E-state index contributed by atoms with van der Waals surface area (Å²) in [5.74, 6) is -0.0339. The van der Waals surface area contributed by atoms with Gasteiger partial charge in [-0.3, -0.25) is 4.79 Å². The molecule has 0 radical (unpaired) electrons. The first-order valence-corrected chi connectivity index (χ1v) is 10.1. The van der Waals surface area contributed by atoms with Crippen molar-refractivity contribution in [3.63, 3.8) is 0 Å². The minimum Gasteiger partial charge on any atom is -0.347 e. The molecule has 142 valence electrons. The molecule has 1 aromatic carbocycles. The summed E-state index contributed by atoms with van der Waals surface area (Å²) in [6, 6.07) is -0.763. The maximum Gasteiger partial charge on any atom is 0.241 e. The maximum absolute atomic E-state index is 13.1. The highest BCUT2D eigenvalue weighted by molar-refractivity contribution is 7.89. The van der Waals surface area contributed by atoms with E-state index in [0.717, 1.165) is 27.8 Å². The zero-order valence-electron chi connectivity index (χ0n) is 16.9. The first-order chi connectivity index (χ1) is 11.3. The second-order valence-corrected chi connectivity index (χ2v) is 9.14. The molecule has 1 N–H and O–H groups in total. The lowest BCUT2D eigenvalue weighted by Gasteiger charge is -2.25. The molecule has 0 bridgehead atoms. The second-order valence-electron chi connectivity index (χ2n) is 7.49. The van der Waals surface area contributed by atoms with Crippen molar-refractivity contribution in [2.45, 2.75) is 65.8 Å². The van der Waals surface area contributed by atoms with Crippen LogP contribution in [0.3, 0.4) is 0 Å². The fourth-order valence-corrected chi connectivity index (χ4v) is 4.90. The monoisotopic (exact) mass is 368 g/mol.